The van der Waals surface area contributed by atoms with Crippen LogP contribution in [0.4, 0.5) is 5.69 Å². The first-order chi connectivity index (χ1) is 7.94. The van der Waals surface area contributed by atoms with E-state index in [1.54, 1.807) is 5.01 Å². The maximum atomic E-state index is 11.5. The van der Waals surface area contributed by atoms with Gasteiger partial charge in [-0.25, -0.2) is 0 Å². The number of hydrogen-bond acceptors (Lipinski definition) is 4. The van der Waals surface area contributed by atoms with Crippen molar-refractivity contribution in [1.82, 2.24) is 0 Å². The summed E-state index contributed by atoms with van der Waals surface area (Å²) in [4.78, 5) is 0. The predicted octanol–water partition coefficient (Wildman–Crippen LogP) is 1.61. The topological polar surface area (TPSA) is 62.5 Å². The van der Waals surface area contributed by atoms with Gasteiger partial charge in [-0.3, -0.25) is 5.01 Å². The van der Waals surface area contributed by atoms with Gasteiger partial charge >= 0.3 is 0 Å². The highest BCUT2D eigenvalue weighted by Gasteiger charge is 2.42. The number of para-hydroxylation sites is 1. The van der Waals surface area contributed by atoms with Crippen molar-refractivity contribution < 1.29 is 5.11 Å². The van der Waals surface area contributed by atoms with E-state index in [1.807, 2.05) is 51.1 Å². The first-order valence-electron chi connectivity index (χ1n) is 5.60. The van der Waals surface area contributed by atoms with Crippen LogP contribution in [0.25, 0.3) is 0 Å². The third kappa shape index (κ3) is 1.79. The quantitative estimate of drug-likeness (QED) is 0.619. The largest absolute Gasteiger partial charge is 0.861 e. The zero-order chi connectivity index (χ0) is 12.6. The van der Waals surface area contributed by atoms with Gasteiger partial charge in [0.2, 0.25) is 0 Å². The van der Waals surface area contributed by atoms with Crippen LogP contribution in [0.2, 0.25) is 0 Å². The van der Waals surface area contributed by atoms with Gasteiger partial charge in [0.15, 0.2) is 0 Å². The monoisotopic (exact) mass is 230 g/mol. The van der Waals surface area contributed by atoms with Crippen LogP contribution in [0.3, 0.4) is 0 Å². The second kappa shape index (κ2) is 3.87. The van der Waals surface area contributed by atoms with E-state index in [9.17, 15) is 5.11 Å². The Morgan fingerprint density at radius 3 is 2.47 bits per heavy atom. The van der Waals surface area contributed by atoms with E-state index in [-0.39, 0.29) is 0 Å². The van der Waals surface area contributed by atoms with Crippen LogP contribution in [0, 0.1) is 10.8 Å². The Balaban J connectivity index is 2.45. The molecule has 2 rings (SSSR count). The van der Waals surface area contributed by atoms with Gasteiger partial charge in [0.05, 0.1) is 11.7 Å². The van der Waals surface area contributed by atoms with E-state index in [0.29, 0.717) is 0 Å². The molecule has 1 N–H and O–H groups in total. The second-order valence-electron chi connectivity index (χ2n) is 4.85. The van der Waals surface area contributed by atoms with Crippen molar-refractivity contribution in [3.8, 4) is 0 Å². The number of rotatable bonds is 2. The fraction of sp³-hybridized carbons (Fsp3) is 0.385. The SMILES string of the molecule is CC1=NN(c2ccccc2)C(C(=N)[O-])C1(C)C. The number of anilines is 1. The summed E-state index contributed by atoms with van der Waals surface area (Å²) in [6, 6.07) is 8.97. The highest BCUT2D eigenvalue weighted by Crippen LogP contribution is 2.36. The molecule has 1 heterocycles. The van der Waals surface area contributed by atoms with E-state index in [1.165, 1.54) is 0 Å². The van der Waals surface area contributed by atoms with Gasteiger partial charge in [-0.05, 0) is 25.0 Å². The van der Waals surface area contributed by atoms with Gasteiger partial charge in [0.1, 0.15) is 0 Å². The number of hydrazone groups is 1. The van der Waals surface area contributed by atoms with Crippen molar-refractivity contribution in [2.45, 2.75) is 26.8 Å². The first kappa shape index (κ1) is 11.6. The van der Waals surface area contributed by atoms with Crippen LogP contribution in [0.15, 0.2) is 35.4 Å². The molecule has 0 aromatic heterocycles. The summed E-state index contributed by atoms with van der Waals surface area (Å²) in [5.74, 6) is -0.598. The van der Waals surface area contributed by atoms with E-state index >= 15 is 0 Å². The molecule has 4 nitrogen and oxygen atoms in total. The zero-order valence-electron chi connectivity index (χ0n) is 10.3. The third-order valence-electron chi connectivity index (χ3n) is 3.39. The molecule has 1 unspecified atom stereocenters. The summed E-state index contributed by atoms with van der Waals surface area (Å²) >= 11 is 0. The summed E-state index contributed by atoms with van der Waals surface area (Å²) in [6.07, 6.45) is 0. The van der Waals surface area contributed by atoms with E-state index in [0.717, 1.165) is 11.4 Å². The maximum Gasteiger partial charge on any atom is 0.0903 e. The molecule has 0 radical (unpaired) electrons. The molecule has 90 valence electrons. The van der Waals surface area contributed by atoms with Gasteiger partial charge in [0, 0.05) is 11.1 Å². The Bertz CT molecular complexity index is 465. The molecular weight excluding hydrogens is 214 g/mol. The summed E-state index contributed by atoms with van der Waals surface area (Å²) in [5, 5.41) is 25.1. The molecule has 0 bridgehead atoms. The van der Waals surface area contributed by atoms with Gasteiger partial charge in [0.25, 0.3) is 0 Å². The molecule has 1 atom stereocenters. The van der Waals surface area contributed by atoms with Crippen molar-refractivity contribution in [1.29, 1.82) is 5.41 Å². The van der Waals surface area contributed by atoms with Crippen LogP contribution in [0.1, 0.15) is 20.8 Å². The number of nitrogens with one attached hydrogen (secondary N) is 1. The molecule has 17 heavy (non-hydrogen) atoms. The highest BCUT2D eigenvalue weighted by molar-refractivity contribution is 5.98. The van der Waals surface area contributed by atoms with E-state index in [2.05, 4.69) is 5.10 Å². The minimum atomic E-state index is -0.598. The van der Waals surface area contributed by atoms with Gasteiger partial charge < -0.3 is 10.5 Å². The van der Waals surface area contributed by atoms with Crippen LogP contribution in [-0.2, 0) is 0 Å². The number of nitrogens with zero attached hydrogens (tertiary/aromatic N) is 2. The molecule has 1 aliphatic heterocycles. The van der Waals surface area contributed by atoms with E-state index < -0.39 is 17.4 Å². The van der Waals surface area contributed by atoms with Crippen molar-refractivity contribution in [3.63, 3.8) is 0 Å². The zero-order valence-corrected chi connectivity index (χ0v) is 10.3. The Kier molecular flexibility index (Phi) is 2.65. The van der Waals surface area contributed by atoms with Crippen molar-refractivity contribution in [2.75, 3.05) is 5.01 Å². The van der Waals surface area contributed by atoms with Crippen LogP contribution >= 0.6 is 0 Å². The Morgan fingerprint density at radius 2 is 1.94 bits per heavy atom. The van der Waals surface area contributed by atoms with Crippen molar-refractivity contribution in [2.24, 2.45) is 10.5 Å². The van der Waals surface area contributed by atoms with Crippen LogP contribution in [0.5, 0.6) is 0 Å². The lowest BCUT2D eigenvalue weighted by Gasteiger charge is -2.35. The molecule has 1 aromatic rings. The molecule has 0 amide bonds. The summed E-state index contributed by atoms with van der Waals surface area (Å²) in [7, 11) is 0. The van der Waals surface area contributed by atoms with Gasteiger partial charge in [-0.1, -0.05) is 32.0 Å². The third-order valence-corrected chi connectivity index (χ3v) is 3.39. The molecule has 1 aromatic carbocycles. The smallest absolute Gasteiger partial charge is 0.0903 e. The summed E-state index contributed by atoms with van der Waals surface area (Å²) in [5.41, 5.74) is 1.34. The number of hydrogen-bond donors (Lipinski definition) is 1. The van der Waals surface area contributed by atoms with Gasteiger partial charge in [-0.15, -0.1) is 0 Å². The minimum Gasteiger partial charge on any atom is -0.861 e. The minimum absolute atomic E-state index is 0.394. The maximum absolute atomic E-state index is 11.5. The molecule has 1 aliphatic rings. The molecule has 0 spiro atoms. The normalized spacial score (nSPS) is 22.4. The Hall–Kier alpha value is -1.84. The first-order valence-corrected chi connectivity index (χ1v) is 5.60. The fourth-order valence-electron chi connectivity index (χ4n) is 2.08. The molecule has 4 heteroatoms. The summed E-state index contributed by atoms with van der Waals surface area (Å²) < 4.78 is 0. The lowest BCUT2D eigenvalue weighted by Crippen LogP contribution is -2.50. The van der Waals surface area contributed by atoms with Crippen LogP contribution in [-0.4, -0.2) is 17.7 Å². The second-order valence-corrected chi connectivity index (χ2v) is 4.85. The molecule has 0 fully saturated rings. The highest BCUT2D eigenvalue weighted by atomic mass is 16.3. The van der Waals surface area contributed by atoms with Crippen LogP contribution < -0.4 is 10.1 Å². The van der Waals surface area contributed by atoms with Crippen molar-refractivity contribution >= 4 is 17.3 Å². The standard InChI is InChI=1S/C13H17N3O/c1-9-13(2,3)11(12(14)17)16(15-9)10-7-5-4-6-8-10/h4-8,11H,1-3H3,(H2,14,17)/p-1. The Labute approximate surface area is 101 Å². The predicted molar refractivity (Wildman–Crippen MR) is 67.3 cm³/mol. The molecule has 0 saturated carbocycles. The van der Waals surface area contributed by atoms with E-state index in [4.69, 9.17) is 5.41 Å². The summed E-state index contributed by atoms with van der Waals surface area (Å²) in [6.45, 7) is 5.80. The van der Waals surface area contributed by atoms with Gasteiger partial charge in [-0.2, -0.15) is 5.10 Å². The lowest BCUT2D eigenvalue weighted by molar-refractivity contribution is -0.223. The lowest BCUT2D eigenvalue weighted by atomic mass is 9.81. The molecule has 0 aliphatic carbocycles. The fourth-order valence-corrected chi connectivity index (χ4v) is 2.08. The average Bonchev–Trinajstić information content (AvgIpc) is 2.51. The Morgan fingerprint density at radius 1 is 1.35 bits per heavy atom. The van der Waals surface area contributed by atoms with Crippen molar-refractivity contribution in [3.05, 3.63) is 30.3 Å². The number of benzene rings is 1. The molecule has 0 saturated heterocycles. The molecular formula is C13H16N3O-. The average molecular weight is 230 g/mol.